The number of thiazole rings is 1. The highest BCUT2D eigenvalue weighted by Gasteiger charge is 2.28. The van der Waals surface area contributed by atoms with Crippen molar-refractivity contribution in [3.8, 4) is 11.3 Å². The number of nitrogens with one attached hydrogen (secondary N) is 1. The van der Waals surface area contributed by atoms with Gasteiger partial charge in [0.2, 0.25) is 5.91 Å². The fourth-order valence-corrected chi connectivity index (χ4v) is 5.32. The van der Waals surface area contributed by atoms with Gasteiger partial charge < -0.3 is 10.2 Å². The Bertz CT molecular complexity index is 1200. The van der Waals surface area contributed by atoms with E-state index in [2.05, 4.69) is 26.6 Å². The van der Waals surface area contributed by atoms with Crippen molar-refractivity contribution in [1.29, 1.82) is 0 Å². The molecule has 176 valence electrons. The number of hydrogen-bond donors (Lipinski definition) is 1. The quantitative estimate of drug-likeness (QED) is 0.601. The second kappa shape index (κ2) is 9.64. The van der Waals surface area contributed by atoms with Gasteiger partial charge in [0.05, 0.1) is 17.2 Å². The topological polar surface area (TPSA) is 65.5 Å². The van der Waals surface area contributed by atoms with E-state index in [1.807, 2.05) is 24.0 Å². The van der Waals surface area contributed by atoms with Crippen LogP contribution in [-0.4, -0.2) is 53.9 Å². The molecule has 0 aliphatic carbocycles. The van der Waals surface area contributed by atoms with E-state index in [4.69, 9.17) is 0 Å². The summed E-state index contributed by atoms with van der Waals surface area (Å²) in [6, 6.07) is 11.9. The summed E-state index contributed by atoms with van der Waals surface area (Å²) in [5.41, 5.74) is 4.74. The number of aromatic nitrogens is 1. The van der Waals surface area contributed by atoms with Gasteiger partial charge in [-0.1, -0.05) is 6.07 Å². The first-order valence-corrected chi connectivity index (χ1v) is 12.5. The molecule has 8 heteroatoms. The summed E-state index contributed by atoms with van der Waals surface area (Å²) in [5, 5.41) is 6.15. The van der Waals surface area contributed by atoms with Crippen molar-refractivity contribution in [1.82, 2.24) is 15.2 Å². The monoisotopic (exact) mass is 478 g/mol. The van der Waals surface area contributed by atoms with Crippen LogP contribution in [0.25, 0.3) is 11.3 Å². The van der Waals surface area contributed by atoms with Gasteiger partial charge in [-0.3, -0.25) is 14.5 Å². The molecule has 2 aliphatic rings. The smallest absolute Gasteiger partial charge is 0.251 e. The third kappa shape index (κ3) is 4.88. The van der Waals surface area contributed by atoms with Crippen LogP contribution in [0.2, 0.25) is 0 Å². The zero-order valence-corrected chi connectivity index (χ0v) is 19.9. The number of aryl methyl sites for hydroxylation is 1. The largest absolute Gasteiger partial charge is 0.349 e. The van der Waals surface area contributed by atoms with Crippen LogP contribution in [0.1, 0.15) is 33.8 Å². The number of benzene rings is 2. The third-order valence-corrected chi connectivity index (χ3v) is 7.35. The van der Waals surface area contributed by atoms with E-state index < -0.39 is 0 Å². The first-order chi connectivity index (χ1) is 16.5. The highest BCUT2D eigenvalue weighted by Crippen LogP contribution is 2.33. The highest BCUT2D eigenvalue weighted by atomic mass is 32.1. The van der Waals surface area contributed by atoms with Crippen LogP contribution in [0.3, 0.4) is 0 Å². The van der Waals surface area contributed by atoms with Gasteiger partial charge in [0.1, 0.15) is 5.82 Å². The summed E-state index contributed by atoms with van der Waals surface area (Å²) in [6.07, 6.45) is 2.43. The molecule has 1 saturated heterocycles. The number of carbonyl (C=O) groups is 2. The van der Waals surface area contributed by atoms with Crippen molar-refractivity contribution in [2.45, 2.75) is 32.2 Å². The molecule has 0 spiro atoms. The molecule has 5 rings (SSSR count). The average molecular weight is 479 g/mol. The van der Waals surface area contributed by atoms with Crippen LogP contribution in [0.4, 0.5) is 10.1 Å². The number of hydrogen-bond acceptors (Lipinski definition) is 5. The maximum absolute atomic E-state index is 13.1. The number of rotatable bonds is 5. The standard InChI is InChI=1S/C26H27FN4O2S/c1-17-28-23(16-34-17)19-4-7-24-20(14-19)8-13-31(24)25(32)15-30-11-9-22(10-12-30)29-26(33)18-2-5-21(27)6-3-18/h2-7,14,16,22H,8-13,15H2,1H3,(H,29,33). The van der Waals surface area contributed by atoms with Crippen LogP contribution in [0, 0.1) is 12.7 Å². The van der Waals surface area contributed by atoms with Gasteiger partial charge in [0.15, 0.2) is 0 Å². The molecule has 0 unspecified atom stereocenters. The summed E-state index contributed by atoms with van der Waals surface area (Å²) in [5.74, 6) is -0.426. The number of halogens is 1. The van der Waals surface area contributed by atoms with Crippen molar-refractivity contribution in [3.63, 3.8) is 0 Å². The maximum atomic E-state index is 13.1. The molecular formula is C26H27FN4O2S. The van der Waals surface area contributed by atoms with Gasteiger partial charge in [-0.25, -0.2) is 9.37 Å². The molecule has 0 saturated carbocycles. The number of piperidine rings is 1. The van der Waals surface area contributed by atoms with Crippen LogP contribution in [-0.2, 0) is 11.2 Å². The number of carbonyl (C=O) groups excluding carboxylic acids is 2. The highest BCUT2D eigenvalue weighted by molar-refractivity contribution is 7.09. The number of amides is 2. The van der Waals surface area contributed by atoms with Crippen LogP contribution in [0.5, 0.6) is 0 Å². The molecule has 2 aliphatic heterocycles. The lowest BCUT2D eigenvalue weighted by Crippen LogP contribution is -2.48. The second-order valence-electron chi connectivity index (χ2n) is 8.92. The Hall–Kier alpha value is -3.10. The van der Waals surface area contributed by atoms with E-state index in [0.717, 1.165) is 54.3 Å². The Balaban J connectivity index is 1.14. The summed E-state index contributed by atoms with van der Waals surface area (Å²) in [4.78, 5) is 34.1. The van der Waals surface area contributed by atoms with Crippen LogP contribution in [0.15, 0.2) is 47.8 Å². The molecule has 1 aromatic heterocycles. The Morgan fingerprint density at radius 1 is 1.12 bits per heavy atom. The Morgan fingerprint density at radius 2 is 1.88 bits per heavy atom. The van der Waals surface area contributed by atoms with Crippen LogP contribution < -0.4 is 10.2 Å². The predicted octanol–water partition coefficient (Wildman–Crippen LogP) is 4.04. The Labute approximate surface area is 202 Å². The minimum Gasteiger partial charge on any atom is -0.349 e. The fourth-order valence-electron chi connectivity index (χ4n) is 4.70. The van der Waals surface area contributed by atoms with Crippen molar-refractivity contribution in [2.75, 3.05) is 31.1 Å². The minimum atomic E-state index is -0.356. The van der Waals surface area contributed by atoms with E-state index in [9.17, 15) is 14.0 Å². The molecular weight excluding hydrogens is 451 g/mol. The van der Waals surface area contributed by atoms with Crippen molar-refractivity contribution in [2.24, 2.45) is 0 Å². The van der Waals surface area contributed by atoms with E-state index >= 15 is 0 Å². The van der Waals surface area contributed by atoms with Crippen LogP contribution >= 0.6 is 11.3 Å². The maximum Gasteiger partial charge on any atom is 0.251 e. The van der Waals surface area contributed by atoms with Gasteiger partial charge in [0.25, 0.3) is 5.91 Å². The molecule has 6 nitrogen and oxygen atoms in total. The van der Waals surface area contributed by atoms with E-state index in [1.54, 1.807) is 11.3 Å². The summed E-state index contributed by atoms with van der Waals surface area (Å²) < 4.78 is 13.1. The Morgan fingerprint density at radius 3 is 2.59 bits per heavy atom. The summed E-state index contributed by atoms with van der Waals surface area (Å²) in [6.45, 7) is 4.60. The third-order valence-electron chi connectivity index (χ3n) is 6.58. The lowest BCUT2D eigenvalue weighted by molar-refractivity contribution is -0.119. The molecule has 0 radical (unpaired) electrons. The Kier molecular flexibility index (Phi) is 6.43. The SMILES string of the molecule is Cc1nc(-c2ccc3c(c2)CCN3C(=O)CN2CCC(NC(=O)c3ccc(F)cc3)CC2)cs1. The number of likely N-dealkylation sites (tertiary alicyclic amines) is 1. The molecule has 0 bridgehead atoms. The van der Waals surface area contributed by atoms with Gasteiger partial charge in [0, 0.05) is 47.9 Å². The molecule has 1 N–H and O–H groups in total. The number of fused-ring (bicyclic) bond motifs is 1. The first kappa shape index (κ1) is 22.7. The van der Waals surface area contributed by atoms with E-state index in [0.29, 0.717) is 18.7 Å². The summed E-state index contributed by atoms with van der Waals surface area (Å²) in [7, 11) is 0. The van der Waals surface area contributed by atoms with Gasteiger partial charge in [-0.15, -0.1) is 11.3 Å². The van der Waals surface area contributed by atoms with E-state index in [-0.39, 0.29) is 23.7 Å². The fraction of sp³-hybridized carbons (Fsp3) is 0.346. The van der Waals surface area contributed by atoms with Gasteiger partial charge >= 0.3 is 0 Å². The molecule has 1 fully saturated rings. The van der Waals surface area contributed by atoms with Gasteiger partial charge in [-0.05, 0) is 68.1 Å². The molecule has 34 heavy (non-hydrogen) atoms. The average Bonchev–Trinajstić information content (AvgIpc) is 3.46. The van der Waals surface area contributed by atoms with Crippen molar-refractivity contribution >= 4 is 28.8 Å². The molecule has 2 amide bonds. The lowest BCUT2D eigenvalue weighted by Gasteiger charge is -2.33. The first-order valence-electron chi connectivity index (χ1n) is 11.6. The molecule has 3 heterocycles. The van der Waals surface area contributed by atoms with Crippen molar-refractivity contribution in [3.05, 3.63) is 69.8 Å². The zero-order valence-electron chi connectivity index (χ0n) is 19.1. The number of nitrogens with zero attached hydrogens (tertiary/aromatic N) is 3. The minimum absolute atomic E-state index is 0.0594. The van der Waals surface area contributed by atoms with Crippen molar-refractivity contribution < 1.29 is 14.0 Å². The number of anilines is 1. The predicted molar refractivity (Wildman–Crippen MR) is 132 cm³/mol. The van der Waals surface area contributed by atoms with E-state index in [1.165, 1.54) is 29.8 Å². The summed E-state index contributed by atoms with van der Waals surface area (Å²) >= 11 is 1.64. The molecule has 2 aromatic carbocycles. The molecule has 0 atom stereocenters. The molecule has 3 aromatic rings. The lowest BCUT2D eigenvalue weighted by atomic mass is 10.0. The van der Waals surface area contributed by atoms with Gasteiger partial charge in [-0.2, -0.15) is 0 Å². The zero-order chi connectivity index (χ0) is 23.7. The second-order valence-corrected chi connectivity index (χ2v) is 9.98. The normalized spacial score (nSPS) is 16.5.